The number of aromatic nitrogens is 1. The standard InChI is InChI=1S/C19H18N2O3S/c20-19-21-16(13-25-19)17(12-23-11-14-7-3-1-4-8-14)24-18(22)15-9-5-2-6-10-15/h1-10,13,17H,11-12H2,(H2,20,21)/t17-/m1/s1. The van der Waals surface area contributed by atoms with Crippen LogP contribution in [-0.4, -0.2) is 17.6 Å². The molecule has 5 nitrogen and oxygen atoms in total. The third-order valence-corrected chi connectivity index (χ3v) is 4.20. The van der Waals surface area contributed by atoms with Gasteiger partial charge in [-0.3, -0.25) is 0 Å². The molecular formula is C19H18N2O3S. The zero-order chi connectivity index (χ0) is 17.5. The summed E-state index contributed by atoms with van der Waals surface area (Å²) in [5.74, 6) is -0.416. The highest BCUT2D eigenvalue weighted by molar-refractivity contribution is 7.13. The fourth-order valence-electron chi connectivity index (χ4n) is 2.26. The molecule has 0 amide bonds. The Morgan fingerprint density at radius 2 is 1.76 bits per heavy atom. The lowest BCUT2D eigenvalue weighted by atomic mass is 10.2. The van der Waals surface area contributed by atoms with Gasteiger partial charge in [-0.25, -0.2) is 9.78 Å². The molecule has 3 rings (SSSR count). The van der Waals surface area contributed by atoms with Gasteiger partial charge in [0.1, 0.15) is 0 Å². The number of carbonyl (C=O) groups excluding carboxylic acids is 1. The number of nitrogen functional groups attached to an aromatic ring is 1. The summed E-state index contributed by atoms with van der Waals surface area (Å²) in [5.41, 5.74) is 7.84. The Morgan fingerprint density at radius 1 is 1.08 bits per heavy atom. The van der Waals surface area contributed by atoms with Crippen molar-refractivity contribution in [3.05, 3.63) is 82.9 Å². The van der Waals surface area contributed by atoms with Crippen LogP contribution in [0.15, 0.2) is 66.0 Å². The summed E-state index contributed by atoms with van der Waals surface area (Å²) in [6.07, 6.45) is -0.607. The van der Waals surface area contributed by atoms with Gasteiger partial charge in [0.05, 0.1) is 24.5 Å². The van der Waals surface area contributed by atoms with Crippen LogP contribution in [0.3, 0.4) is 0 Å². The van der Waals surface area contributed by atoms with E-state index in [0.717, 1.165) is 5.56 Å². The van der Waals surface area contributed by atoms with Gasteiger partial charge in [0.15, 0.2) is 11.2 Å². The summed E-state index contributed by atoms with van der Waals surface area (Å²) in [6, 6.07) is 18.7. The molecule has 0 aliphatic rings. The number of anilines is 1. The van der Waals surface area contributed by atoms with E-state index in [9.17, 15) is 4.79 Å². The first-order chi connectivity index (χ1) is 12.2. The van der Waals surface area contributed by atoms with Crippen molar-refractivity contribution in [2.75, 3.05) is 12.3 Å². The third-order valence-electron chi connectivity index (χ3n) is 3.51. The summed E-state index contributed by atoms with van der Waals surface area (Å²) in [7, 11) is 0. The number of hydrogen-bond acceptors (Lipinski definition) is 6. The monoisotopic (exact) mass is 354 g/mol. The summed E-state index contributed by atoms with van der Waals surface area (Å²) in [4.78, 5) is 16.6. The van der Waals surface area contributed by atoms with Crippen LogP contribution < -0.4 is 5.73 Å². The normalized spacial score (nSPS) is 11.8. The summed E-state index contributed by atoms with van der Waals surface area (Å²) in [6.45, 7) is 0.635. The molecule has 6 heteroatoms. The molecule has 0 spiro atoms. The minimum absolute atomic E-state index is 0.205. The zero-order valence-corrected chi connectivity index (χ0v) is 14.3. The summed E-state index contributed by atoms with van der Waals surface area (Å²) in [5, 5.41) is 2.21. The highest BCUT2D eigenvalue weighted by atomic mass is 32.1. The van der Waals surface area contributed by atoms with Crippen LogP contribution in [0.1, 0.15) is 27.7 Å². The molecule has 0 saturated carbocycles. The van der Waals surface area contributed by atoms with E-state index in [1.165, 1.54) is 11.3 Å². The van der Waals surface area contributed by atoms with E-state index in [0.29, 0.717) is 23.0 Å². The number of rotatable bonds is 7. The zero-order valence-electron chi connectivity index (χ0n) is 13.5. The Morgan fingerprint density at radius 3 is 2.40 bits per heavy atom. The average Bonchev–Trinajstić information content (AvgIpc) is 3.09. The molecule has 0 aliphatic carbocycles. The van der Waals surface area contributed by atoms with Gasteiger partial charge in [0, 0.05) is 5.38 Å². The lowest BCUT2D eigenvalue weighted by molar-refractivity contribution is -0.0105. The summed E-state index contributed by atoms with van der Waals surface area (Å²) >= 11 is 1.31. The Labute approximate surface area is 150 Å². The Kier molecular flexibility index (Phi) is 5.77. The van der Waals surface area contributed by atoms with Crippen molar-refractivity contribution in [2.45, 2.75) is 12.7 Å². The highest BCUT2D eigenvalue weighted by Gasteiger charge is 2.21. The van der Waals surface area contributed by atoms with Crippen LogP contribution in [0.4, 0.5) is 5.13 Å². The van der Waals surface area contributed by atoms with Gasteiger partial charge in [0.25, 0.3) is 0 Å². The second-order valence-corrected chi connectivity index (χ2v) is 6.26. The van der Waals surface area contributed by atoms with Gasteiger partial charge in [0.2, 0.25) is 0 Å². The van der Waals surface area contributed by atoms with Gasteiger partial charge in [-0.2, -0.15) is 0 Å². The molecule has 0 fully saturated rings. The van der Waals surface area contributed by atoms with Crippen LogP contribution in [-0.2, 0) is 16.1 Å². The molecule has 0 bridgehead atoms. The first-order valence-corrected chi connectivity index (χ1v) is 8.69. The van der Waals surface area contributed by atoms with Gasteiger partial charge >= 0.3 is 5.97 Å². The van der Waals surface area contributed by atoms with Gasteiger partial charge in [-0.1, -0.05) is 48.5 Å². The van der Waals surface area contributed by atoms with Crippen molar-refractivity contribution < 1.29 is 14.3 Å². The van der Waals surface area contributed by atoms with Crippen molar-refractivity contribution in [1.29, 1.82) is 0 Å². The SMILES string of the molecule is Nc1nc([C@@H](COCc2ccccc2)OC(=O)c2ccccc2)cs1. The molecule has 0 unspecified atom stereocenters. The predicted molar refractivity (Wildman–Crippen MR) is 97.2 cm³/mol. The lowest BCUT2D eigenvalue weighted by Crippen LogP contribution is -2.17. The van der Waals surface area contributed by atoms with Crippen LogP contribution in [0, 0.1) is 0 Å². The van der Waals surface area contributed by atoms with E-state index in [4.69, 9.17) is 15.2 Å². The number of thiazole rings is 1. The van der Waals surface area contributed by atoms with Crippen molar-refractivity contribution in [3.8, 4) is 0 Å². The molecule has 1 heterocycles. The molecule has 3 aromatic rings. The maximum absolute atomic E-state index is 12.3. The fraction of sp³-hybridized carbons (Fsp3) is 0.158. The van der Waals surface area contributed by atoms with Crippen molar-refractivity contribution in [2.24, 2.45) is 0 Å². The van der Waals surface area contributed by atoms with Crippen molar-refractivity contribution >= 4 is 22.4 Å². The van der Waals surface area contributed by atoms with E-state index in [-0.39, 0.29) is 6.61 Å². The number of ether oxygens (including phenoxy) is 2. The maximum atomic E-state index is 12.3. The highest BCUT2D eigenvalue weighted by Crippen LogP contribution is 2.23. The molecule has 1 atom stereocenters. The smallest absolute Gasteiger partial charge is 0.338 e. The second kappa shape index (κ2) is 8.41. The van der Waals surface area contributed by atoms with Gasteiger partial charge in [-0.15, -0.1) is 11.3 Å². The topological polar surface area (TPSA) is 74.4 Å². The Hall–Kier alpha value is -2.70. The Balaban J connectivity index is 1.66. The minimum atomic E-state index is -0.607. The maximum Gasteiger partial charge on any atom is 0.338 e. The van der Waals surface area contributed by atoms with E-state index < -0.39 is 12.1 Å². The number of benzene rings is 2. The first-order valence-electron chi connectivity index (χ1n) is 7.81. The third kappa shape index (κ3) is 4.89. The minimum Gasteiger partial charge on any atom is -0.450 e. The van der Waals surface area contributed by atoms with Crippen LogP contribution in [0.25, 0.3) is 0 Å². The van der Waals surface area contributed by atoms with E-state index in [1.54, 1.807) is 29.6 Å². The first kappa shape index (κ1) is 17.1. The van der Waals surface area contributed by atoms with Crippen molar-refractivity contribution in [3.63, 3.8) is 0 Å². The number of carbonyl (C=O) groups is 1. The van der Waals surface area contributed by atoms with E-state index in [2.05, 4.69) is 4.98 Å². The second-order valence-electron chi connectivity index (χ2n) is 5.37. The van der Waals surface area contributed by atoms with Crippen molar-refractivity contribution in [1.82, 2.24) is 4.98 Å². The van der Waals surface area contributed by atoms with Crippen LogP contribution >= 0.6 is 11.3 Å². The molecule has 1 aromatic heterocycles. The van der Waals surface area contributed by atoms with Crippen LogP contribution in [0.2, 0.25) is 0 Å². The van der Waals surface area contributed by atoms with Gasteiger partial charge in [-0.05, 0) is 17.7 Å². The van der Waals surface area contributed by atoms with E-state index in [1.807, 2.05) is 36.4 Å². The molecular weight excluding hydrogens is 336 g/mol. The quantitative estimate of drug-likeness (QED) is 0.653. The Bertz CT molecular complexity index is 806. The lowest BCUT2D eigenvalue weighted by Gasteiger charge is -2.16. The molecule has 2 aromatic carbocycles. The molecule has 0 aliphatic heterocycles. The fourth-order valence-corrected chi connectivity index (χ4v) is 2.86. The molecule has 128 valence electrons. The molecule has 25 heavy (non-hydrogen) atoms. The molecule has 2 N–H and O–H groups in total. The largest absolute Gasteiger partial charge is 0.450 e. The number of nitrogens with zero attached hydrogens (tertiary/aromatic N) is 1. The van der Waals surface area contributed by atoms with Crippen LogP contribution in [0.5, 0.6) is 0 Å². The number of nitrogens with two attached hydrogens (primary N) is 1. The predicted octanol–water partition coefficient (Wildman–Crippen LogP) is 3.84. The number of hydrogen-bond donors (Lipinski definition) is 1. The molecule has 0 saturated heterocycles. The van der Waals surface area contributed by atoms with Gasteiger partial charge < -0.3 is 15.2 Å². The van der Waals surface area contributed by atoms with E-state index >= 15 is 0 Å². The summed E-state index contributed by atoms with van der Waals surface area (Å²) < 4.78 is 11.3. The average molecular weight is 354 g/mol. The molecule has 0 radical (unpaired) electrons. The number of esters is 1.